The van der Waals surface area contributed by atoms with Crippen molar-refractivity contribution >= 4 is 5.97 Å². The first-order valence-corrected chi connectivity index (χ1v) is 8.41. The Hall–Kier alpha value is -0.650. The number of unbranched alkanes of at least 4 members (excludes halogenated alkanes) is 1. The van der Waals surface area contributed by atoms with Gasteiger partial charge in [-0.25, -0.2) is 0 Å². The van der Waals surface area contributed by atoms with Crippen molar-refractivity contribution in [2.45, 2.75) is 90.1 Å². The summed E-state index contributed by atoms with van der Waals surface area (Å²) in [4.78, 5) is 12.0. The number of aliphatic hydroxyl groups is 1. The smallest absolute Gasteiger partial charge is 0.309 e. The van der Waals surface area contributed by atoms with Crippen molar-refractivity contribution in [2.75, 3.05) is 13.2 Å². The fourth-order valence-electron chi connectivity index (χ4n) is 2.51. The number of hydrogen-bond acceptors (Lipinski definition) is 5. The molecule has 1 rings (SSSR count). The lowest BCUT2D eigenvalue weighted by molar-refractivity contribution is -0.163. The average molecular weight is 316 g/mol. The van der Waals surface area contributed by atoms with Crippen LogP contribution in [0.5, 0.6) is 0 Å². The Bertz CT molecular complexity index is 330. The third-order valence-corrected chi connectivity index (χ3v) is 3.65. The molecule has 0 aromatic rings. The molecule has 2 unspecified atom stereocenters. The van der Waals surface area contributed by atoms with Crippen LogP contribution in [-0.2, 0) is 19.0 Å². The minimum atomic E-state index is -1.06. The molecule has 130 valence electrons. The molecule has 1 fully saturated rings. The van der Waals surface area contributed by atoms with Crippen molar-refractivity contribution in [3.05, 3.63) is 0 Å². The molecule has 0 spiro atoms. The van der Waals surface area contributed by atoms with Gasteiger partial charge in [-0.3, -0.25) is 4.79 Å². The molecule has 1 saturated heterocycles. The maximum Gasteiger partial charge on any atom is 0.309 e. The molecule has 1 N–H and O–H groups in total. The summed E-state index contributed by atoms with van der Waals surface area (Å²) < 4.78 is 16.4. The first kappa shape index (κ1) is 19.4. The minimum absolute atomic E-state index is 0.0130. The summed E-state index contributed by atoms with van der Waals surface area (Å²) in [5.41, 5.74) is -1.59. The SMILES string of the molecule is CCCCC(O)(CCOC1CCCO1)CC(=O)OC(C)(C)C. The minimum Gasteiger partial charge on any atom is -0.460 e. The fourth-order valence-corrected chi connectivity index (χ4v) is 2.51. The van der Waals surface area contributed by atoms with Gasteiger partial charge in [0.15, 0.2) is 6.29 Å². The van der Waals surface area contributed by atoms with Crippen LogP contribution in [0.15, 0.2) is 0 Å². The second-order valence-electron chi connectivity index (χ2n) is 7.15. The molecular weight excluding hydrogens is 284 g/mol. The summed E-state index contributed by atoms with van der Waals surface area (Å²) in [6, 6.07) is 0. The van der Waals surface area contributed by atoms with Crippen LogP contribution in [0, 0.1) is 0 Å². The van der Waals surface area contributed by atoms with Gasteiger partial charge < -0.3 is 19.3 Å². The Morgan fingerprint density at radius 3 is 2.59 bits per heavy atom. The Labute approximate surface area is 134 Å². The molecule has 0 aliphatic carbocycles. The second-order valence-corrected chi connectivity index (χ2v) is 7.15. The Morgan fingerprint density at radius 2 is 2.05 bits per heavy atom. The highest BCUT2D eigenvalue weighted by atomic mass is 16.7. The van der Waals surface area contributed by atoms with E-state index in [1.165, 1.54) is 0 Å². The highest BCUT2D eigenvalue weighted by Gasteiger charge is 2.32. The maximum absolute atomic E-state index is 12.0. The highest BCUT2D eigenvalue weighted by Crippen LogP contribution is 2.25. The van der Waals surface area contributed by atoms with Gasteiger partial charge in [-0.1, -0.05) is 19.8 Å². The lowest BCUT2D eigenvalue weighted by Crippen LogP contribution is -2.36. The van der Waals surface area contributed by atoms with E-state index in [1.807, 2.05) is 20.8 Å². The zero-order valence-electron chi connectivity index (χ0n) is 14.5. The second kappa shape index (κ2) is 8.85. The van der Waals surface area contributed by atoms with Gasteiger partial charge in [0.2, 0.25) is 0 Å². The molecule has 22 heavy (non-hydrogen) atoms. The van der Waals surface area contributed by atoms with Crippen LogP contribution in [0.2, 0.25) is 0 Å². The fraction of sp³-hybridized carbons (Fsp3) is 0.941. The van der Waals surface area contributed by atoms with Crippen molar-refractivity contribution in [3.63, 3.8) is 0 Å². The van der Waals surface area contributed by atoms with Crippen LogP contribution in [0.3, 0.4) is 0 Å². The van der Waals surface area contributed by atoms with Gasteiger partial charge in [-0.15, -0.1) is 0 Å². The van der Waals surface area contributed by atoms with E-state index in [1.54, 1.807) is 0 Å². The number of esters is 1. The predicted molar refractivity (Wildman–Crippen MR) is 84.5 cm³/mol. The standard InChI is InChI=1S/C17H32O5/c1-5-6-9-17(19,13-14(18)22-16(2,3)4)10-12-21-15-8-7-11-20-15/h15,19H,5-13H2,1-4H3. The lowest BCUT2D eigenvalue weighted by atomic mass is 9.90. The Balaban J connectivity index is 2.46. The van der Waals surface area contributed by atoms with Crippen LogP contribution in [0.4, 0.5) is 0 Å². The van der Waals surface area contributed by atoms with E-state index in [-0.39, 0.29) is 18.7 Å². The molecule has 1 heterocycles. The number of rotatable bonds is 9. The van der Waals surface area contributed by atoms with Crippen molar-refractivity contribution < 1.29 is 24.1 Å². The van der Waals surface area contributed by atoms with Crippen molar-refractivity contribution in [1.29, 1.82) is 0 Å². The van der Waals surface area contributed by atoms with E-state index in [4.69, 9.17) is 14.2 Å². The molecule has 5 heteroatoms. The summed E-state index contributed by atoms with van der Waals surface area (Å²) >= 11 is 0. The molecular formula is C17H32O5. The first-order chi connectivity index (χ1) is 10.2. The number of hydrogen-bond donors (Lipinski definition) is 1. The summed E-state index contributed by atoms with van der Waals surface area (Å²) in [6.07, 6.45) is 4.63. The summed E-state index contributed by atoms with van der Waals surface area (Å²) in [6.45, 7) is 8.69. The van der Waals surface area contributed by atoms with Crippen molar-refractivity contribution in [1.82, 2.24) is 0 Å². The molecule has 5 nitrogen and oxygen atoms in total. The van der Waals surface area contributed by atoms with E-state index in [0.29, 0.717) is 19.4 Å². The molecule has 0 bridgehead atoms. The zero-order valence-corrected chi connectivity index (χ0v) is 14.5. The first-order valence-electron chi connectivity index (χ1n) is 8.41. The van der Waals surface area contributed by atoms with Crippen LogP contribution >= 0.6 is 0 Å². The lowest BCUT2D eigenvalue weighted by Gasteiger charge is -2.29. The van der Waals surface area contributed by atoms with Gasteiger partial charge in [0.25, 0.3) is 0 Å². The monoisotopic (exact) mass is 316 g/mol. The van der Waals surface area contributed by atoms with Crippen molar-refractivity contribution in [2.24, 2.45) is 0 Å². The van der Waals surface area contributed by atoms with Crippen LogP contribution < -0.4 is 0 Å². The molecule has 0 aromatic heterocycles. The van der Waals surface area contributed by atoms with Gasteiger partial charge in [0.1, 0.15) is 5.60 Å². The zero-order chi connectivity index (χ0) is 16.6. The predicted octanol–water partition coefficient (Wildman–Crippen LogP) is 3.18. The molecule has 2 atom stereocenters. The number of ether oxygens (including phenoxy) is 3. The van der Waals surface area contributed by atoms with Crippen LogP contribution in [0.1, 0.15) is 72.6 Å². The summed E-state index contributed by atoms with van der Waals surface area (Å²) in [5.74, 6) is -0.358. The summed E-state index contributed by atoms with van der Waals surface area (Å²) in [5, 5.41) is 10.8. The van der Waals surface area contributed by atoms with Gasteiger partial charge in [-0.05, 0) is 33.6 Å². The molecule has 0 radical (unpaired) electrons. The quantitative estimate of drug-likeness (QED) is 0.662. The van der Waals surface area contributed by atoms with Gasteiger partial charge in [0.05, 0.1) is 18.6 Å². The highest BCUT2D eigenvalue weighted by molar-refractivity contribution is 5.71. The van der Waals surface area contributed by atoms with E-state index in [2.05, 4.69) is 6.92 Å². The molecule has 1 aliphatic heterocycles. The normalized spacial score (nSPS) is 21.6. The topological polar surface area (TPSA) is 65.0 Å². The molecule has 0 aromatic carbocycles. The maximum atomic E-state index is 12.0. The third kappa shape index (κ3) is 8.11. The Morgan fingerprint density at radius 1 is 1.32 bits per heavy atom. The van der Waals surface area contributed by atoms with Crippen molar-refractivity contribution in [3.8, 4) is 0 Å². The molecule has 1 aliphatic rings. The van der Waals surface area contributed by atoms with E-state index in [9.17, 15) is 9.90 Å². The van der Waals surface area contributed by atoms with E-state index >= 15 is 0 Å². The van der Waals surface area contributed by atoms with Gasteiger partial charge in [0, 0.05) is 19.4 Å². The average Bonchev–Trinajstić information content (AvgIpc) is 2.87. The van der Waals surface area contributed by atoms with E-state index < -0.39 is 11.2 Å². The largest absolute Gasteiger partial charge is 0.460 e. The van der Waals surface area contributed by atoms with Crippen LogP contribution in [-0.4, -0.2) is 41.8 Å². The number of carbonyl (C=O) groups excluding carboxylic acids is 1. The Kier molecular flexibility index (Phi) is 7.80. The van der Waals surface area contributed by atoms with Gasteiger partial charge >= 0.3 is 5.97 Å². The molecule has 0 amide bonds. The molecule has 0 saturated carbocycles. The number of carbonyl (C=O) groups is 1. The van der Waals surface area contributed by atoms with E-state index in [0.717, 1.165) is 32.3 Å². The van der Waals surface area contributed by atoms with Gasteiger partial charge in [-0.2, -0.15) is 0 Å². The summed E-state index contributed by atoms with van der Waals surface area (Å²) in [7, 11) is 0. The van der Waals surface area contributed by atoms with Crippen LogP contribution in [0.25, 0.3) is 0 Å². The third-order valence-electron chi connectivity index (χ3n) is 3.65.